The van der Waals surface area contributed by atoms with Gasteiger partial charge in [-0.15, -0.1) is 0 Å². The molecule has 2 rings (SSSR count). The molecule has 1 aromatic carbocycles. The Morgan fingerprint density at radius 1 is 1.33 bits per heavy atom. The fourth-order valence-electron chi connectivity index (χ4n) is 2.31. The van der Waals surface area contributed by atoms with E-state index < -0.39 is 10.0 Å². The molecule has 0 aromatic heterocycles. The van der Waals surface area contributed by atoms with E-state index in [1.165, 1.54) is 4.31 Å². The first-order valence-electron chi connectivity index (χ1n) is 6.08. The molecule has 1 aliphatic heterocycles. The summed E-state index contributed by atoms with van der Waals surface area (Å²) in [6.45, 7) is 6.33. The van der Waals surface area contributed by atoms with Crippen LogP contribution < -0.4 is 10.0 Å². The molecule has 0 bridgehead atoms. The van der Waals surface area contributed by atoms with Gasteiger partial charge in [-0.25, -0.2) is 8.42 Å². The van der Waals surface area contributed by atoms with E-state index in [4.69, 9.17) is 5.73 Å². The van der Waals surface area contributed by atoms with Crippen molar-refractivity contribution in [2.24, 2.45) is 5.41 Å². The molecule has 18 heavy (non-hydrogen) atoms. The summed E-state index contributed by atoms with van der Waals surface area (Å²) in [7, 11) is -3.25. The van der Waals surface area contributed by atoms with Crippen LogP contribution in [0.25, 0.3) is 0 Å². The van der Waals surface area contributed by atoms with E-state index in [0.717, 1.165) is 17.7 Å². The van der Waals surface area contributed by atoms with E-state index in [1.807, 2.05) is 26.8 Å². The smallest absolute Gasteiger partial charge is 0.235 e. The van der Waals surface area contributed by atoms with E-state index in [-0.39, 0.29) is 11.2 Å². The van der Waals surface area contributed by atoms with Crippen molar-refractivity contribution in [3.63, 3.8) is 0 Å². The quantitative estimate of drug-likeness (QED) is 0.834. The van der Waals surface area contributed by atoms with Gasteiger partial charge in [0.05, 0.1) is 11.4 Å². The van der Waals surface area contributed by atoms with Crippen molar-refractivity contribution in [2.45, 2.75) is 27.2 Å². The summed E-state index contributed by atoms with van der Waals surface area (Å²) in [5, 5.41) is 0. The van der Waals surface area contributed by atoms with Crippen molar-refractivity contribution in [1.29, 1.82) is 0 Å². The summed E-state index contributed by atoms with van der Waals surface area (Å²) in [5.41, 5.74) is 7.97. The lowest BCUT2D eigenvalue weighted by molar-refractivity contribution is 0.461. The Morgan fingerprint density at radius 3 is 2.61 bits per heavy atom. The molecule has 1 aliphatic rings. The SMILES string of the molecule is CC(C)(C)CS(=O)(=O)N1CCc2cc(N)ccc21. The zero-order valence-electron chi connectivity index (χ0n) is 11.1. The van der Waals surface area contributed by atoms with Crippen LogP contribution in [0.4, 0.5) is 11.4 Å². The highest BCUT2D eigenvalue weighted by Gasteiger charge is 2.32. The van der Waals surface area contributed by atoms with Crippen molar-refractivity contribution in [3.8, 4) is 0 Å². The predicted molar refractivity (Wildman–Crippen MR) is 75.1 cm³/mol. The third-order valence-corrected chi connectivity index (χ3v) is 5.19. The molecule has 0 radical (unpaired) electrons. The summed E-state index contributed by atoms with van der Waals surface area (Å²) in [6, 6.07) is 5.42. The molecule has 0 aliphatic carbocycles. The number of rotatable bonds is 2. The Morgan fingerprint density at radius 2 is 2.00 bits per heavy atom. The average Bonchev–Trinajstić information content (AvgIpc) is 2.56. The molecule has 0 fully saturated rings. The van der Waals surface area contributed by atoms with E-state index in [0.29, 0.717) is 12.2 Å². The van der Waals surface area contributed by atoms with Gasteiger partial charge in [0.1, 0.15) is 0 Å². The largest absolute Gasteiger partial charge is 0.399 e. The van der Waals surface area contributed by atoms with Crippen LogP contribution in [0.2, 0.25) is 0 Å². The van der Waals surface area contributed by atoms with Gasteiger partial charge in [-0.3, -0.25) is 4.31 Å². The average molecular weight is 268 g/mol. The van der Waals surface area contributed by atoms with Gasteiger partial charge in [0.2, 0.25) is 10.0 Å². The molecule has 0 amide bonds. The third-order valence-electron chi connectivity index (χ3n) is 2.91. The summed E-state index contributed by atoms with van der Waals surface area (Å²) < 4.78 is 26.3. The van der Waals surface area contributed by atoms with E-state index in [1.54, 1.807) is 12.1 Å². The maximum absolute atomic E-state index is 12.4. The Kier molecular flexibility index (Phi) is 3.05. The number of benzene rings is 1. The Labute approximate surface area is 109 Å². The lowest BCUT2D eigenvalue weighted by atomic mass is 10.0. The van der Waals surface area contributed by atoms with Crippen LogP contribution in [-0.4, -0.2) is 20.7 Å². The minimum atomic E-state index is -3.25. The zero-order chi connectivity index (χ0) is 13.6. The standard InChI is InChI=1S/C13H20N2O2S/c1-13(2,3)9-18(16,17)15-7-6-10-8-11(14)4-5-12(10)15/h4-5,8H,6-7,9,14H2,1-3H3. The maximum atomic E-state index is 12.4. The van der Waals surface area contributed by atoms with Gasteiger partial charge in [-0.2, -0.15) is 0 Å². The van der Waals surface area contributed by atoms with Crippen LogP contribution in [0, 0.1) is 5.41 Å². The van der Waals surface area contributed by atoms with E-state index in [9.17, 15) is 8.42 Å². The first kappa shape index (κ1) is 13.2. The second-order valence-electron chi connectivity index (χ2n) is 6.03. The van der Waals surface area contributed by atoms with Crippen LogP contribution in [-0.2, 0) is 16.4 Å². The number of nitrogens with two attached hydrogens (primary N) is 1. The van der Waals surface area contributed by atoms with E-state index in [2.05, 4.69) is 0 Å². The lowest BCUT2D eigenvalue weighted by Crippen LogP contribution is -2.35. The van der Waals surface area contributed by atoms with Crippen molar-refractivity contribution < 1.29 is 8.42 Å². The van der Waals surface area contributed by atoms with Crippen molar-refractivity contribution >= 4 is 21.4 Å². The summed E-state index contributed by atoms with van der Waals surface area (Å²) in [5.74, 6) is 0.157. The molecule has 100 valence electrons. The molecular weight excluding hydrogens is 248 g/mol. The first-order valence-corrected chi connectivity index (χ1v) is 7.69. The van der Waals surface area contributed by atoms with Gasteiger partial charge in [0.15, 0.2) is 0 Å². The summed E-state index contributed by atoms with van der Waals surface area (Å²) >= 11 is 0. The molecule has 0 spiro atoms. The Hall–Kier alpha value is -1.23. The molecule has 2 N–H and O–H groups in total. The second-order valence-corrected chi connectivity index (χ2v) is 7.92. The number of anilines is 2. The first-order chi connectivity index (χ1) is 8.19. The van der Waals surface area contributed by atoms with Crippen LogP contribution in [0.1, 0.15) is 26.3 Å². The van der Waals surface area contributed by atoms with Gasteiger partial charge in [0.25, 0.3) is 0 Å². The van der Waals surface area contributed by atoms with Crippen LogP contribution >= 0.6 is 0 Å². The summed E-state index contributed by atoms with van der Waals surface area (Å²) in [6.07, 6.45) is 0.740. The van der Waals surface area contributed by atoms with E-state index >= 15 is 0 Å². The molecular formula is C13H20N2O2S. The highest BCUT2D eigenvalue weighted by Crippen LogP contribution is 2.33. The molecule has 1 aromatic rings. The number of fused-ring (bicyclic) bond motifs is 1. The third kappa shape index (κ3) is 2.61. The van der Waals surface area contributed by atoms with Crippen LogP contribution in [0.3, 0.4) is 0 Å². The maximum Gasteiger partial charge on any atom is 0.235 e. The highest BCUT2D eigenvalue weighted by atomic mass is 32.2. The van der Waals surface area contributed by atoms with Crippen LogP contribution in [0.15, 0.2) is 18.2 Å². The zero-order valence-corrected chi connectivity index (χ0v) is 11.9. The second kappa shape index (κ2) is 4.16. The van der Waals surface area contributed by atoms with Gasteiger partial charge in [-0.05, 0) is 35.6 Å². The lowest BCUT2D eigenvalue weighted by Gasteiger charge is -2.25. The molecule has 5 heteroatoms. The summed E-state index contributed by atoms with van der Waals surface area (Å²) in [4.78, 5) is 0. The topological polar surface area (TPSA) is 63.4 Å². The van der Waals surface area contributed by atoms with Crippen LogP contribution in [0.5, 0.6) is 0 Å². The highest BCUT2D eigenvalue weighted by molar-refractivity contribution is 7.92. The number of hydrogen-bond donors (Lipinski definition) is 1. The molecule has 1 heterocycles. The molecule has 0 saturated carbocycles. The van der Waals surface area contributed by atoms with Crippen molar-refractivity contribution in [2.75, 3.05) is 22.3 Å². The minimum absolute atomic E-state index is 0.157. The van der Waals surface area contributed by atoms with Gasteiger partial charge >= 0.3 is 0 Å². The van der Waals surface area contributed by atoms with Gasteiger partial charge in [-0.1, -0.05) is 20.8 Å². The molecule has 0 saturated heterocycles. The molecule has 0 unspecified atom stereocenters. The van der Waals surface area contributed by atoms with Gasteiger partial charge < -0.3 is 5.73 Å². The monoisotopic (exact) mass is 268 g/mol. The fraction of sp³-hybridized carbons (Fsp3) is 0.538. The number of nitrogens with zero attached hydrogens (tertiary/aromatic N) is 1. The Bertz CT molecular complexity index is 559. The fourth-order valence-corrected chi connectivity index (χ4v) is 4.40. The van der Waals surface area contributed by atoms with Gasteiger partial charge in [0, 0.05) is 12.2 Å². The number of sulfonamides is 1. The Balaban J connectivity index is 2.34. The molecule has 0 atom stereocenters. The number of nitrogen functional groups attached to an aromatic ring is 1. The number of hydrogen-bond acceptors (Lipinski definition) is 3. The minimum Gasteiger partial charge on any atom is -0.399 e. The predicted octanol–water partition coefficient (Wildman–Crippen LogP) is 2.01. The molecule has 4 nitrogen and oxygen atoms in total. The normalized spacial score (nSPS) is 15.8. The van der Waals surface area contributed by atoms with Crippen molar-refractivity contribution in [3.05, 3.63) is 23.8 Å². The van der Waals surface area contributed by atoms with Crippen molar-refractivity contribution in [1.82, 2.24) is 0 Å².